The van der Waals surface area contributed by atoms with Crippen molar-refractivity contribution in [3.05, 3.63) is 54.5 Å². The molecular weight excluding hydrogens is 340 g/mol. The molecule has 1 unspecified atom stereocenters. The Bertz CT molecular complexity index is 922. The number of hydrogen-bond acceptors (Lipinski definition) is 5. The maximum atomic E-state index is 12.0. The van der Waals surface area contributed by atoms with Gasteiger partial charge in [-0.15, -0.1) is 0 Å². The zero-order valence-corrected chi connectivity index (χ0v) is 15.5. The number of likely N-dealkylation sites (tertiary alicyclic amines) is 1. The van der Waals surface area contributed by atoms with Crippen LogP contribution in [0.3, 0.4) is 0 Å². The van der Waals surface area contributed by atoms with Crippen molar-refractivity contribution in [2.75, 3.05) is 19.7 Å². The van der Waals surface area contributed by atoms with Crippen LogP contribution < -0.4 is 0 Å². The Morgan fingerprint density at radius 1 is 1.26 bits per heavy atom. The highest BCUT2D eigenvalue weighted by Crippen LogP contribution is 2.24. The molecule has 0 radical (unpaired) electrons. The number of esters is 1. The largest absolute Gasteiger partial charge is 0.466 e. The minimum atomic E-state index is -0.0737. The van der Waals surface area contributed by atoms with Gasteiger partial charge in [-0.1, -0.05) is 30.3 Å². The third-order valence-electron chi connectivity index (χ3n) is 5.03. The van der Waals surface area contributed by atoms with E-state index in [2.05, 4.69) is 27.1 Å². The summed E-state index contributed by atoms with van der Waals surface area (Å²) in [4.78, 5) is 19.0. The fourth-order valence-electron chi connectivity index (χ4n) is 3.73. The third kappa shape index (κ3) is 3.85. The molecule has 1 aliphatic rings. The van der Waals surface area contributed by atoms with Gasteiger partial charge in [0.05, 0.1) is 18.7 Å². The lowest BCUT2D eigenvalue weighted by molar-refractivity contribution is -0.150. The van der Waals surface area contributed by atoms with Gasteiger partial charge in [-0.3, -0.25) is 9.69 Å². The van der Waals surface area contributed by atoms with Crippen LogP contribution in [0.2, 0.25) is 0 Å². The Hall–Kier alpha value is -2.73. The van der Waals surface area contributed by atoms with Crippen molar-refractivity contribution >= 4 is 11.6 Å². The van der Waals surface area contributed by atoms with E-state index in [0.717, 1.165) is 54.8 Å². The second-order valence-electron chi connectivity index (χ2n) is 6.98. The third-order valence-corrected chi connectivity index (χ3v) is 5.03. The van der Waals surface area contributed by atoms with Crippen molar-refractivity contribution in [2.45, 2.75) is 26.3 Å². The molecule has 0 saturated carbocycles. The van der Waals surface area contributed by atoms with Crippen molar-refractivity contribution in [3.8, 4) is 11.1 Å². The van der Waals surface area contributed by atoms with E-state index < -0.39 is 0 Å². The molecule has 2 aromatic heterocycles. The number of carbonyl (C=O) groups is 1. The summed E-state index contributed by atoms with van der Waals surface area (Å²) in [7, 11) is 0. The standard InChI is InChI=1S/C21H24N4O2/c1-2-27-21(26)18-9-6-10-24(15-18)13-16-11-22-20-19(12-23-25(20)14-16)17-7-4-3-5-8-17/h3-5,7-8,11-12,14,18H,2,6,9-10,13,15H2,1H3. The summed E-state index contributed by atoms with van der Waals surface area (Å²) in [5, 5.41) is 4.48. The predicted octanol–water partition coefficient (Wildman–Crippen LogP) is 3.17. The van der Waals surface area contributed by atoms with Gasteiger partial charge in [0, 0.05) is 36.6 Å². The minimum absolute atomic E-state index is 0.0234. The molecule has 0 spiro atoms. The Balaban J connectivity index is 1.49. The summed E-state index contributed by atoms with van der Waals surface area (Å²) in [5.41, 5.74) is 4.09. The number of hydrogen-bond donors (Lipinski definition) is 0. The van der Waals surface area contributed by atoms with Crippen molar-refractivity contribution in [1.29, 1.82) is 0 Å². The molecule has 1 fully saturated rings. The van der Waals surface area contributed by atoms with Crippen LogP contribution in [0.4, 0.5) is 0 Å². The fourth-order valence-corrected chi connectivity index (χ4v) is 3.73. The lowest BCUT2D eigenvalue weighted by atomic mass is 9.98. The van der Waals surface area contributed by atoms with E-state index in [1.165, 1.54) is 0 Å². The number of rotatable bonds is 5. The molecule has 1 aliphatic heterocycles. The molecule has 3 aromatic rings. The van der Waals surface area contributed by atoms with E-state index in [9.17, 15) is 4.79 Å². The number of fused-ring (bicyclic) bond motifs is 1. The quantitative estimate of drug-likeness (QED) is 0.651. The predicted molar refractivity (Wildman–Crippen MR) is 103 cm³/mol. The molecular formula is C21H24N4O2. The molecule has 6 heteroatoms. The molecule has 1 atom stereocenters. The van der Waals surface area contributed by atoms with Crippen molar-refractivity contribution in [1.82, 2.24) is 19.5 Å². The van der Waals surface area contributed by atoms with E-state index in [0.29, 0.717) is 6.61 Å². The first kappa shape index (κ1) is 17.7. The van der Waals surface area contributed by atoms with Crippen LogP contribution in [0.15, 0.2) is 48.9 Å². The van der Waals surface area contributed by atoms with Gasteiger partial charge >= 0.3 is 5.97 Å². The Morgan fingerprint density at radius 2 is 2.11 bits per heavy atom. The summed E-state index contributed by atoms with van der Waals surface area (Å²) in [6, 6.07) is 10.2. The van der Waals surface area contributed by atoms with Crippen molar-refractivity contribution in [3.63, 3.8) is 0 Å². The fraction of sp³-hybridized carbons (Fsp3) is 0.381. The molecule has 3 heterocycles. The normalized spacial score (nSPS) is 17.9. The highest BCUT2D eigenvalue weighted by Gasteiger charge is 2.26. The first-order valence-corrected chi connectivity index (χ1v) is 9.51. The van der Waals surface area contributed by atoms with Gasteiger partial charge in [0.15, 0.2) is 5.65 Å². The summed E-state index contributed by atoms with van der Waals surface area (Å²) in [6.45, 7) is 4.79. The summed E-state index contributed by atoms with van der Waals surface area (Å²) >= 11 is 0. The van der Waals surface area contributed by atoms with Crippen LogP contribution in [0.25, 0.3) is 16.8 Å². The van der Waals surface area contributed by atoms with Gasteiger partial charge in [-0.05, 0) is 31.9 Å². The molecule has 27 heavy (non-hydrogen) atoms. The SMILES string of the molecule is CCOC(=O)C1CCCN(Cc2cnc3c(-c4ccccc4)cnn3c2)C1. The van der Waals surface area contributed by atoms with Gasteiger partial charge in [-0.2, -0.15) is 5.10 Å². The zero-order valence-electron chi connectivity index (χ0n) is 15.5. The summed E-state index contributed by atoms with van der Waals surface area (Å²) in [5.74, 6) is -0.0971. The number of nitrogens with zero attached hydrogens (tertiary/aromatic N) is 4. The van der Waals surface area contributed by atoms with Gasteiger partial charge < -0.3 is 4.74 Å². The zero-order chi connectivity index (χ0) is 18.6. The van der Waals surface area contributed by atoms with E-state index in [1.807, 2.05) is 48.2 Å². The van der Waals surface area contributed by atoms with Gasteiger partial charge in [0.2, 0.25) is 0 Å². The maximum absolute atomic E-state index is 12.0. The lowest BCUT2D eigenvalue weighted by Gasteiger charge is -2.31. The first-order chi connectivity index (χ1) is 13.2. The molecule has 0 bridgehead atoms. The van der Waals surface area contributed by atoms with Crippen LogP contribution in [0.5, 0.6) is 0 Å². The highest BCUT2D eigenvalue weighted by atomic mass is 16.5. The van der Waals surface area contributed by atoms with Crippen LogP contribution in [0, 0.1) is 5.92 Å². The van der Waals surface area contributed by atoms with Crippen LogP contribution in [-0.2, 0) is 16.1 Å². The van der Waals surface area contributed by atoms with Gasteiger partial charge in [0.1, 0.15) is 0 Å². The molecule has 0 aliphatic carbocycles. The molecule has 6 nitrogen and oxygen atoms in total. The van der Waals surface area contributed by atoms with E-state index in [1.54, 1.807) is 0 Å². The smallest absolute Gasteiger partial charge is 0.310 e. The number of carbonyl (C=O) groups excluding carboxylic acids is 1. The first-order valence-electron chi connectivity index (χ1n) is 9.51. The number of ether oxygens (including phenoxy) is 1. The average molecular weight is 364 g/mol. The molecule has 1 saturated heterocycles. The van der Waals surface area contributed by atoms with Gasteiger partial charge in [-0.25, -0.2) is 9.50 Å². The number of piperidine rings is 1. The maximum Gasteiger partial charge on any atom is 0.310 e. The van der Waals surface area contributed by atoms with E-state index in [4.69, 9.17) is 4.74 Å². The van der Waals surface area contributed by atoms with Crippen molar-refractivity contribution < 1.29 is 9.53 Å². The minimum Gasteiger partial charge on any atom is -0.466 e. The molecule has 0 amide bonds. The second kappa shape index (κ2) is 7.88. The Labute approximate surface area is 158 Å². The highest BCUT2D eigenvalue weighted by molar-refractivity contribution is 5.76. The Morgan fingerprint density at radius 3 is 2.93 bits per heavy atom. The van der Waals surface area contributed by atoms with E-state index >= 15 is 0 Å². The summed E-state index contributed by atoms with van der Waals surface area (Å²) < 4.78 is 7.03. The Kier molecular flexibility index (Phi) is 5.16. The molecule has 0 N–H and O–H groups in total. The monoisotopic (exact) mass is 364 g/mol. The topological polar surface area (TPSA) is 59.7 Å². The molecule has 140 valence electrons. The van der Waals surface area contributed by atoms with Crippen LogP contribution in [0.1, 0.15) is 25.3 Å². The van der Waals surface area contributed by atoms with Crippen LogP contribution >= 0.6 is 0 Å². The van der Waals surface area contributed by atoms with E-state index in [-0.39, 0.29) is 11.9 Å². The lowest BCUT2D eigenvalue weighted by Crippen LogP contribution is -2.39. The molecule has 1 aromatic carbocycles. The molecule has 4 rings (SSSR count). The number of aromatic nitrogens is 3. The summed E-state index contributed by atoms with van der Waals surface area (Å²) in [6.07, 6.45) is 7.73. The second-order valence-corrected chi connectivity index (χ2v) is 6.98. The average Bonchev–Trinajstić information content (AvgIpc) is 3.12. The number of benzene rings is 1. The van der Waals surface area contributed by atoms with Crippen LogP contribution in [-0.4, -0.2) is 45.2 Å². The van der Waals surface area contributed by atoms with Gasteiger partial charge in [0.25, 0.3) is 0 Å². The van der Waals surface area contributed by atoms with Crippen molar-refractivity contribution in [2.24, 2.45) is 5.92 Å².